The molecule has 2 aromatic rings. The number of amides is 1. The molecule has 1 aromatic heterocycles. The van der Waals surface area contributed by atoms with Crippen molar-refractivity contribution in [2.45, 2.75) is 6.92 Å². The minimum absolute atomic E-state index is 0.276. The van der Waals surface area contributed by atoms with Crippen LogP contribution in [0.3, 0.4) is 0 Å². The van der Waals surface area contributed by atoms with E-state index >= 15 is 0 Å². The van der Waals surface area contributed by atoms with Crippen molar-refractivity contribution >= 4 is 43.5 Å². The fraction of sp³-hybridized carbons (Fsp3) is 0.0833. The highest BCUT2D eigenvalue weighted by Gasteiger charge is 2.11. The van der Waals surface area contributed by atoms with Gasteiger partial charge in [0, 0.05) is 16.4 Å². The summed E-state index contributed by atoms with van der Waals surface area (Å²) in [5, 5.41) is 2.72. The molecule has 6 heteroatoms. The third kappa shape index (κ3) is 2.81. The number of aromatic nitrogens is 1. The summed E-state index contributed by atoms with van der Waals surface area (Å²) in [6.45, 7) is 1.73. The highest BCUT2D eigenvalue weighted by atomic mass is 79.9. The number of carbonyl (C=O) groups excluding carboxylic acids is 1. The molecule has 18 heavy (non-hydrogen) atoms. The minimum atomic E-state index is -0.354. The summed E-state index contributed by atoms with van der Waals surface area (Å²) in [5.41, 5.74) is 1.66. The van der Waals surface area contributed by atoms with Gasteiger partial charge in [-0.1, -0.05) is 0 Å². The number of hydrogen-bond donors (Lipinski definition) is 2. The van der Waals surface area contributed by atoms with Gasteiger partial charge in [-0.15, -0.1) is 0 Å². The summed E-state index contributed by atoms with van der Waals surface area (Å²) in [5.74, 6) is -0.629. The third-order valence-corrected chi connectivity index (χ3v) is 3.47. The Labute approximate surface area is 120 Å². The van der Waals surface area contributed by atoms with Crippen molar-refractivity contribution in [1.29, 1.82) is 0 Å². The largest absolute Gasteiger partial charge is 0.356 e. The fourth-order valence-corrected chi connectivity index (χ4v) is 2.16. The maximum absolute atomic E-state index is 13.3. The molecule has 0 atom stereocenters. The first-order chi connectivity index (χ1) is 8.47. The predicted molar refractivity (Wildman–Crippen MR) is 75.3 cm³/mol. The normalized spacial score (nSPS) is 10.4. The van der Waals surface area contributed by atoms with Gasteiger partial charge in [0.15, 0.2) is 0 Å². The molecule has 1 aromatic carbocycles. The van der Waals surface area contributed by atoms with Gasteiger partial charge in [-0.05, 0) is 62.5 Å². The second-order valence-electron chi connectivity index (χ2n) is 3.77. The minimum Gasteiger partial charge on any atom is -0.356 e. The van der Waals surface area contributed by atoms with Crippen molar-refractivity contribution < 1.29 is 9.18 Å². The zero-order chi connectivity index (χ0) is 13.3. The molecule has 0 aliphatic rings. The number of aryl methyl sites for hydroxylation is 1. The number of H-pyrrole nitrogens is 1. The lowest BCUT2D eigenvalue weighted by Crippen LogP contribution is -2.13. The summed E-state index contributed by atoms with van der Waals surface area (Å²) in [6.07, 6.45) is 1.67. The zero-order valence-corrected chi connectivity index (χ0v) is 12.5. The number of benzene rings is 1. The number of hydrogen-bond acceptors (Lipinski definition) is 1. The van der Waals surface area contributed by atoms with Gasteiger partial charge in [-0.3, -0.25) is 4.79 Å². The van der Waals surface area contributed by atoms with Gasteiger partial charge in [0.25, 0.3) is 5.91 Å². The number of anilines is 1. The van der Waals surface area contributed by atoms with Gasteiger partial charge in [0.1, 0.15) is 11.5 Å². The Morgan fingerprint density at radius 1 is 1.33 bits per heavy atom. The van der Waals surface area contributed by atoms with Gasteiger partial charge >= 0.3 is 0 Å². The smallest absolute Gasteiger partial charge is 0.272 e. The topological polar surface area (TPSA) is 44.9 Å². The van der Waals surface area contributed by atoms with E-state index in [1.54, 1.807) is 25.3 Å². The molecule has 0 aliphatic heterocycles. The molecule has 3 nitrogen and oxygen atoms in total. The summed E-state index contributed by atoms with van der Waals surface area (Å²) < 4.78 is 14.4. The van der Waals surface area contributed by atoms with Gasteiger partial charge in [0.2, 0.25) is 0 Å². The second-order valence-corrected chi connectivity index (χ2v) is 5.54. The number of rotatable bonds is 2. The number of nitrogens with one attached hydrogen (secondary N) is 2. The lowest BCUT2D eigenvalue weighted by molar-refractivity contribution is 0.102. The highest BCUT2D eigenvalue weighted by Crippen LogP contribution is 2.24. The quantitative estimate of drug-likeness (QED) is 0.810. The van der Waals surface area contributed by atoms with Gasteiger partial charge in [0.05, 0.1) is 4.47 Å². The van der Waals surface area contributed by atoms with Crippen LogP contribution in [0.4, 0.5) is 10.1 Å². The van der Waals surface area contributed by atoms with Crippen LogP contribution in [0.1, 0.15) is 16.1 Å². The van der Waals surface area contributed by atoms with Crippen LogP contribution in [-0.2, 0) is 0 Å². The third-order valence-electron chi connectivity index (χ3n) is 2.41. The van der Waals surface area contributed by atoms with Crippen molar-refractivity contribution in [2.75, 3.05) is 5.32 Å². The van der Waals surface area contributed by atoms with Crippen molar-refractivity contribution in [3.8, 4) is 0 Å². The molecule has 0 spiro atoms. The maximum atomic E-state index is 13.3. The lowest BCUT2D eigenvalue weighted by atomic mass is 10.2. The predicted octanol–water partition coefficient (Wildman–Crippen LogP) is 4.24. The first kappa shape index (κ1) is 13.3. The average Bonchev–Trinajstić information content (AvgIpc) is 2.73. The van der Waals surface area contributed by atoms with Gasteiger partial charge in [-0.25, -0.2) is 4.39 Å². The van der Waals surface area contributed by atoms with E-state index in [-0.39, 0.29) is 11.7 Å². The Bertz CT molecular complexity index is 610. The van der Waals surface area contributed by atoms with Crippen LogP contribution in [0.25, 0.3) is 0 Å². The number of aromatic amines is 1. The molecule has 0 saturated carbocycles. The molecule has 1 amide bonds. The van der Waals surface area contributed by atoms with Crippen LogP contribution in [0.2, 0.25) is 0 Å². The van der Waals surface area contributed by atoms with Crippen LogP contribution in [0.5, 0.6) is 0 Å². The van der Waals surface area contributed by atoms with E-state index in [2.05, 4.69) is 42.2 Å². The monoisotopic (exact) mass is 374 g/mol. The molecule has 0 saturated heterocycles. The van der Waals surface area contributed by atoms with Crippen molar-refractivity contribution in [1.82, 2.24) is 4.98 Å². The highest BCUT2D eigenvalue weighted by molar-refractivity contribution is 9.10. The van der Waals surface area contributed by atoms with Crippen LogP contribution in [0, 0.1) is 12.7 Å². The van der Waals surface area contributed by atoms with Crippen LogP contribution in [0.15, 0.2) is 33.3 Å². The van der Waals surface area contributed by atoms with Crippen molar-refractivity contribution in [3.05, 3.63) is 50.4 Å². The van der Waals surface area contributed by atoms with Crippen LogP contribution < -0.4 is 5.32 Å². The molecule has 1 heterocycles. The van der Waals surface area contributed by atoms with Gasteiger partial charge in [-0.2, -0.15) is 0 Å². The molecule has 0 aliphatic carbocycles. The lowest BCUT2D eigenvalue weighted by Gasteiger charge is -2.08. The Hall–Kier alpha value is -1.14. The Morgan fingerprint density at radius 2 is 2.06 bits per heavy atom. The Balaban J connectivity index is 2.24. The molecular formula is C12H9Br2FN2O. The van der Waals surface area contributed by atoms with E-state index in [9.17, 15) is 9.18 Å². The van der Waals surface area contributed by atoms with Crippen LogP contribution >= 0.6 is 31.9 Å². The average molecular weight is 376 g/mol. The number of carbonyl (C=O) groups is 1. The number of halogens is 3. The first-order valence-electron chi connectivity index (χ1n) is 5.08. The summed E-state index contributed by atoms with van der Waals surface area (Å²) in [4.78, 5) is 14.7. The summed E-state index contributed by atoms with van der Waals surface area (Å²) >= 11 is 6.34. The SMILES string of the molecule is Cc1cc(F)c(Br)cc1NC(=O)c1cc(Br)c[nH]1. The Morgan fingerprint density at radius 3 is 2.67 bits per heavy atom. The summed E-state index contributed by atoms with van der Waals surface area (Å²) in [7, 11) is 0. The van der Waals surface area contributed by atoms with Crippen molar-refractivity contribution in [3.63, 3.8) is 0 Å². The standard InChI is InChI=1S/C12H9Br2FN2O/c1-6-2-9(15)8(14)4-10(6)17-12(18)11-3-7(13)5-16-11/h2-5,16H,1H3,(H,17,18). The van der Waals surface area contributed by atoms with Crippen molar-refractivity contribution in [2.24, 2.45) is 0 Å². The fourth-order valence-electron chi connectivity index (χ4n) is 1.47. The maximum Gasteiger partial charge on any atom is 0.272 e. The molecule has 0 bridgehead atoms. The zero-order valence-electron chi connectivity index (χ0n) is 9.35. The van der Waals surface area contributed by atoms with E-state index in [1.807, 2.05) is 0 Å². The molecule has 0 fully saturated rings. The van der Waals surface area contributed by atoms with E-state index in [0.717, 1.165) is 4.47 Å². The Kier molecular flexibility index (Phi) is 3.87. The molecule has 2 N–H and O–H groups in total. The first-order valence-corrected chi connectivity index (χ1v) is 6.67. The van der Waals surface area contributed by atoms with Gasteiger partial charge < -0.3 is 10.3 Å². The molecule has 2 rings (SSSR count). The van der Waals surface area contributed by atoms with E-state index in [1.165, 1.54) is 6.07 Å². The van der Waals surface area contributed by atoms with E-state index < -0.39 is 0 Å². The molecular weight excluding hydrogens is 367 g/mol. The second kappa shape index (κ2) is 5.24. The van der Waals surface area contributed by atoms with E-state index in [4.69, 9.17) is 0 Å². The summed E-state index contributed by atoms with van der Waals surface area (Å²) in [6, 6.07) is 4.58. The molecule has 0 unspecified atom stereocenters. The molecule has 94 valence electrons. The molecule has 0 radical (unpaired) electrons. The van der Waals surface area contributed by atoms with Crippen LogP contribution in [-0.4, -0.2) is 10.9 Å². The van der Waals surface area contributed by atoms with E-state index in [0.29, 0.717) is 21.4 Å².